The molecule has 5 heteroatoms. The first-order valence-electron chi connectivity index (χ1n) is 4.39. The number of alkyl halides is 1. The molecule has 0 saturated carbocycles. The van der Waals surface area contributed by atoms with Gasteiger partial charge in [0, 0.05) is 11.4 Å². The highest BCUT2D eigenvalue weighted by molar-refractivity contribution is 9.09. The number of β-amino-alcohol motifs (C(OH)–C–C–N with tert-alkyl or cyclic N) is 1. The molecule has 2 atom stereocenters. The van der Waals surface area contributed by atoms with Gasteiger partial charge < -0.3 is 14.7 Å². The molecule has 1 heterocycles. The number of carbonyl (C=O) groups is 1. The molecule has 0 unspecified atom stereocenters. The van der Waals surface area contributed by atoms with Crippen molar-refractivity contribution in [3.63, 3.8) is 0 Å². The first kappa shape index (κ1) is 10.8. The van der Waals surface area contributed by atoms with Crippen LogP contribution in [0, 0.1) is 0 Å². The molecule has 1 rings (SSSR count). The summed E-state index contributed by atoms with van der Waals surface area (Å²) in [5, 5.41) is 9.47. The van der Waals surface area contributed by atoms with Crippen molar-refractivity contribution in [2.75, 3.05) is 19.7 Å². The van der Waals surface area contributed by atoms with Gasteiger partial charge in [-0.3, -0.25) is 0 Å². The minimum Gasteiger partial charge on any atom is -0.450 e. The molecule has 1 N–H and O–H groups in total. The monoisotopic (exact) mass is 251 g/mol. The minimum absolute atomic E-state index is 0.0955. The van der Waals surface area contributed by atoms with Crippen LogP contribution in [0.1, 0.15) is 13.3 Å². The van der Waals surface area contributed by atoms with E-state index in [-0.39, 0.29) is 10.9 Å². The van der Waals surface area contributed by atoms with Crippen molar-refractivity contribution in [3.05, 3.63) is 0 Å². The molecule has 1 amide bonds. The summed E-state index contributed by atoms with van der Waals surface area (Å²) in [6, 6.07) is 0. The molecule has 1 aliphatic heterocycles. The summed E-state index contributed by atoms with van der Waals surface area (Å²) < 4.78 is 4.83. The Balaban J connectivity index is 2.40. The van der Waals surface area contributed by atoms with Gasteiger partial charge in [-0.25, -0.2) is 4.79 Å². The number of nitrogens with zero attached hydrogens (tertiary/aromatic N) is 1. The second-order valence-corrected chi connectivity index (χ2v) is 4.19. The number of amides is 1. The van der Waals surface area contributed by atoms with E-state index in [1.807, 2.05) is 0 Å². The third-order valence-electron chi connectivity index (χ3n) is 2.03. The molecule has 0 aromatic heterocycles. The SMILES string of the molecule is CCOC(=O)N1CC[C@@H](Br)[C@H](O)C1. The standard InChI is InChI=1S/C8H14BrNO3/c1-2-13-8(12)10-4-3-6(9)7(11)5-10/h6-7,11H,2-5H2,1H3/t6-,7-/m1/s1. The average molecular weight is 252 g/mol. The third kappa shape index (κ3) is 2.84. The Kier molecular flexibility index (Phi) is 3.99. The zero-order chi connectivity index (χ0) is 9.84. The van der Waals surface area contributed by atoms with Gasteiger partial charge in [-0.1, -0.05) is 15.9 Å². The molecule has 1 fully saturated rings. The van der Waals surface area contributed by atoms with Crippen LogP contribution in [0.25, 0.3) is 0 Å². The van der Waals surface area contributed by atoms with Gasteiger partial charge in [-0.2, -0.15) is 0 Å². The zero-order valence-electron chi connectivity index (χ0n) is 7.57. The number of rotatable bonds is 1. The Labute approximate surface area is 86.0 Å². The zero-order valence-corrected chi connectivity index (χ0v) is 9.16. The lowest BCUT2D eigenvalue weighted by molar-refractivity contribution is 0.0556. The van der Waals surface area contributed by atoms with Crippen LogP contribution in [0.15, 0.2) is 0 Å². The summed E-state index contributed by atoms with van der Waals surface area (Å²) in [4.78, 5) is 12.9. The summed E-state index contributed by atoms with van der Waals surface area (Å²) in [6.07, 6.45) is -0.0564. The highest BCUT2D eigenvalue weighted by Gasteiger charge is 2.28. The highest BCUT2D eigenvalue weighted by Crippen LogP contribution is 2.18. The number of piperidine rings is 1. The molecule has 0 aromatic carbocycles. The van der Waals surface area contributed by atoms with Crippen LogP contribution in [-0.2, 0) is 4.74 Å². The maximum Gasteiger partial charge on any atom is 0.409 e. The number of carbonyl (C=O) groups excluding carboxylic acids is 1. The number of aliphatic hydroxyl groups excluding tert-OH is 1. The predicted octanol–water partition coefficient (Wildman–Crippen LogP) is 0.973. The van der Waals surface area contributed by atoms with Crippen molar-refractivity contribution in [1.82, 2.24) is 4.90 Å². The molecular formula is C8H14BrNO3. The van der Waals surface area contributed by atoms with Crippen molar-refractivity contribution in [1.29, 1.82) is 0 Å². The highest BCUT2D eigenvalue weighted by atomic mass is 79.9. The van der Waals surface area contributed by atoms with Crippen molar-refractivity contribution in [2.24, 2.45) is 0 Å². The van der Waals surface area contributed by atoms with E-state index in [1.54, 1.807) is 6.92 Å². The third-order valence-corrected chi connectivity index (χ3v) is 3.09. The summed E-state index contributed by atoms with van der Waals surface area (Å²) >= 11 is 3.34. The first-order valence-corrected chi connectivity index (χ1v) is 5.30. The number of ether oxygens (including phenoxy) is 1. The summed E-state index contributed by atoms with van der Waals surface area (Å²) in [5.74, 6) is 0. The van der Waals surface area contributed by atoms with Crippen molar-refractivity contribution in [2.45, 2.75) is 24.3 Å². The molecule has 1 aliphatic rings. The van der Waals surface area contributed by atoms with Gasteiger partial charge in [-0.15, -0.1) is 0 Å². The first-order chi connectivity index (χ1) is 6.15. The van der Waals surface area contributed by atoms with E-state index in [4.69, 9.17) is 4.74 Å². The fourth-order valence-corrected chi connectivity index (χ4v) is 1.66. The molecule has 0 spiro atoms. The Bertz CT molecular complexity index is 188. The molecule has 1 saturated heterocycles. The lowest BCUT2D eigenvalue weighted by Crippen LogP contribution is -2.47. The maximum absolute atomic E-state index is 11.2. The topological polar surface area (TPSA) is 49.8 Å². The number of likely N-dealkylation sites (tertiary alicyclic amines) is 1. The maximum atomic E-state index is 11.2. The summed E-state index contributed by atoms with van der Waals surface area (Å²) in [6.45, 7) is 3.15. The second kappa shape index (κ2) is 4.81. The number of aliphatic hydroxyl groups is 1. The van der Waals surface area contributed by atoms with Crippen LogP contribution in [-0.4, -0.2) is 46.7 Å². The van der Waals surface area contributed by atoms with Crippen LogP contribution >= 0.6 is 15.9 Å². The average Bonchev–Trinajstić information content (AvgIpc) is 2.10. The normalized spacial score (nSPS) is 28.7. The lowest BCUT2D eigenvalue weighted by Gasteiger charge is -2.32. The Morgan fingerprint density at radius 3 is 3.00 bits per heavy atom. The predicted molar refractivity (Wildman–Crippen MR) is 51.9 cm³/mol. The molecule has 0 radical (unpaired) electrons. The van der Waals surface area contributed by atoms with Crippen LogP contribution in [0.5, 0.6) is 0 Å². The molecule has 0 aromatic rings. The largest absolute Gasteiger partial charge is 0.450 e. The van der Waals surface area contributed by atoms with Crippen molar-refractivity contribution < 1.29 is 14.6 Å². The van der Waals surface area contributed by atoms with E-state index >= 15 is 0 Å². The number of halogens is 1. The molecule has 0 bridgehead atoms. The summed E-state index contributed by atoms with van der Waals surface area (Å²) in [5.41, 5.74) is 0. The summed E-state index contributed by atoms with van der Waals surface area (Å²) in [7, 11) is 0. The number of hydrogen-bond acceptors (Lipinski definition) is 3. The van der Waals surface area contributed by atoms with Crippen LogP contribution in [0.3, 0.4) is 0 Å². The van der Waals surface area contributed by atoms with Gasteiger partial charge in [0.05, 0.1) is 19.3 Å². The minimum atomic E-state index is -0.488. The molecular weight excluding hydrogens is 238 g/mol. The van der Waals surface area contributed by atoms with Crippen molar-refractivity contribution >= 4 is 22.0 Å². The van der Waals surface area contributed by atoms with E-state index in [1.165, 1.54) is 4.90 Å². The van der Waals surface area contributed by atoms with E-state index in [0.717, 1.165) is 6.42 Å². The van der Waals surface area contributed by atoms with Crippen molar-refractivity contribution in [3.8, 4) is 0 Å². The molecule has 76 valence electrons. The molecule has 4 nitrogen and oxygen atoms in total. The van der Waals surface area contributed by atoms with Gasteiger partial charge in [-0.05, 0) is 13.3 Å². The van der Waals surface area contributed by atoms with E-state index < -0.39 is 6.10 Å². The van der Waals surface area contributed by atoms with Crippen LogP contribution in [0.4, 0.5) is 4.79 Å². The fourth-order valence-electron chi connectivity index (χ4n) is 1.28. The van der Waals surface area contributed by atoms with E-state index in [2.05, 4.69) is 15.9 Å². The Morgan fingerprint density at radius 2 is 2.46 bits per heavy atom. The smallest absolute Gasteiger partial charge is 0.409 e. The van der Waals surface area contributed by atoms with E-state index in [9.17, 15) is 9.90 Å². The van der Waals surface area contributed by atoms with Gasteiger partial charge in [0.25, 0.3) is 0 Å². The molecule has 0 aliphatic carbocycles. The Hall–Kier alpha value is -0.290. The second-order valence-electron chi connectivity index (χ2n) is 3.02. The number of hydrogen-bond donors (Lipinski definition) is 1. The Morgan fingerprint density at radius 1 is 1.77 bits per heavy atom. The molecule has 13 heavy (non-hydrogen) atoms. The quantitative estimate of drug-likeness (QED) is 0.707. The fraction of sp³-hybridized carbons (Fsp3) is 0.875. The van der Waals surface area contributed by atoms with Gasteiger partial charge in [0.15, 0.2) is 0 Å². The van der Waals surface area contributed by atoms with Crippen LogP contribution < -0.4 is 0 Å². The lowest BCUT2D eigenvalue weighted by atomic mass is 10.1. The van der Waals surface area contributed by atoms with Gasteiger partial charge >= 0.3 is 6.09 Å². The van der Waals surface area contributed by atoms with Gasteiger partial charge in [0.1, 0.15) is 0 Å². The van der Waals surface area contributed by atoms with Gasteiger partial charge in [0.2, 0.25) is 0 Å². The van der Waals surface area contributed by atoms with E-state index in [0.29, 0.717) is 19.7 Å². The van der Waals surface area contributed by atoms with Crippen LogP contribution in [0.2, 0.25) is 0 Å².